The Morgan fingerprint density at radius 1 is 1.13 bits per heavy atom. The lowest BCUT2D eigenvalue weighted by Crippen LogP contribution is -2.35. The van der Waals surface area contributed by atoms with Gasteiger partial charge in [-0.25, -0.2) is 15.0 Å². The minimum absolute atomic E-state index is 0.0202. The van der Waals surface area contributed by atoms with E-state index in [-0.39, 0.29) is 12.0 Å². The van der Waals surface area contributed by atoms with E-state index in [1.165, 1.54) is 12.8 Å². The van der Waals surface area contributed by atoms with E-state index in [0.717, 1.165) is 66.1 Å². The monoisotopic (exact) mass is 557 g/mol. The number of aryl methyl sites for hydroxylation is 1. The van der Waals surface area contributed by atoms with Crippen LogP contribution >= 0.6 is 23.2 Å². The summed E-state index contributed by atoms with van der Waals surface area (Å²) in [6, 6.07) is 5.87. The minimum Gasteiger partial charge on any atom is -0.390 e. The van der Waals surface area contributed by atoms with Crippen LogP contribution in [0.4, 0.5) is 5.82 Å². The number of rotatable bonds is 10. The summed E-state index contributed by atoms with van der Waals surface area (Å²) in [6.45, 7) is 1.62. The largest absolute Gasteiger partial charge is 0.390 e. The van der Waals surface area contributed by atoms with Crippen LogP contribution in [0.25, 0.3) is 22.1 Å². The molecule has 0 bridgehead atoms. The molecule has 2 aliphatic rings. The highest BCUT2D eigenvalue weighted by atomic mass is 35.5. The van der Waals surface area contributed by atoms with Gasteiger partial charge in [0.05, 0.1) is 38.6 Å². The van der Waals surface area contributed by atoms with Gasteiger partial charge in [-0.2, -0.15) is 0 Å². The van der Waals surface area contributed by atoms with Crippen molar-refractivity contribution < 1.29 is 10.2 Å². The fraction of sp³-hybridized carbons (Fsp3) is 0.519. The molecule has 0 radical (unpaired) electrons. The third-order valence-corrected chi connectivity index (χ3v) is 8.60. The molecule has 0 amide bonds. The number of aromatic amines is 1. The van der Waals surface area contributed by atoms with Gasteiger partial charge >= 0.3 is 0 Å². The molecule has 0 aliphatic heterocycles. The summed E-state index contributed by atoms with van der Waals surface area (Å²) in [5.41, 5.74) is 2.52. The molecule has 2 aliphatic carbocycles. The average molecular weight is 559 g/mol. The van der Waals surface area contributed by atoms with Gasteiger partial charge in [-0.15, -0.1) is 0 Å². The second kappa shape index (κ2) is 10.6. The molecule has 2 fully saturated rings. The van der Waals surface area contributed by atoms with Crippen molar-refractivity contribution in [3.05, 3.63) is 46.6 Å². The number of H-pyrrole nitrogens is 1. The second-order valence-corrected chi connectivity index (χ2v) is 11.6. The van der Waals surface area contributed by atoms with Gasteiger partial charge in [0, 0.05) is 31.1 Å². The molecular formula is C27H33Cl2N7O2. The molecule has 2 saturated carbocycles. The van der Waals surface area contributed by atoms with E-state index in [1.54, 1.807) is 12.4 Å². The number of aliphatic hydroxyl groups excluding tert-OH is 2. The molecule has 0 spiro atoms. The van der Waals surface area contributed by atoms with Gasteiger partial charge in [-0.3, -0.25) is 0 Å². The predicted molar refractivity (Wildman–Crippen MR) is 150 cm³/mol. The van der Waals surface area contributed by atoms with E-state index in [4.69, 9.17) is 23.2 Å². The fourth-order valence-electron chi connectivity index (χ4n) is 5.67. The summed E-state index contributed by atoms with van der Waals surface area (Å²) >= 11 is 12.2. The Bertz CT molecular complexity index is 1400. The molecule has 4 atom stereocenters. The third-order valence-electron chi connectivity index (χ3n) is 7.88. The van der Waals surface area contributed by atoms with Crippen LogP contribution in [0, 0.1) is 5.92 Å². The summed E-state index contributed by atoms with van der Waals surface area (Å²) < 4.78 is 2.01. The van der Waals surface area contributed by atoms with Gasteiger partial charge in [-0.05, 0) is 63.9 Å². The topological polar surface area (TPSA) is 115 Å². The Balaban J connectivity index is 1.03. The Morgan fingerprint density at radius 3 is 2.76 bits per heavy atom. The molecule has 0 unspecified atom stereocenters. The number of aliphatic hydroxyl groups is 2. The van der Waals surface area contributed by atoms with Gasteiger partial charge in [0.2, 0.25) is 0 Å². The molecule has 9 nitrogen and oxygen atoms in total. The highest BCUT2D eigenvalue weighted by Crippen LogP contribution is 2.38. The van der Waals surface area contributed by atoms with Crippen LogP contribution in [0.2, 0.25) is 10.0 Å². The van der Waals surface area contributed by atoms with Crippen molar-refractivity contribution in [3.8, 4) is 0 Å². The Kier molecular flexibility index (Phi) is 7.22. The van der Waals surface area contributed by atoms with Crippen molar-refractivity contribution in [2.75, 3.05) is 25.5 Å². The van der Waals surface area contributed by atoms with Gasteiger partial charge in [0.25, 0.3) is 0 Å². The van der Waals surface area contributed by atoms with Crippen LogP contribution in [-0.2, 0) is 6.42 Å². The zero-order chi connectivity index (χ0) is 26.4. The zero-order valence-electron chi connectivity index (χ0n) is 21.3. The number of nitrogens with zero attached hydrogens (tertiary/aromatic N) is 5. The fourth-order valence-corrected chi connectivity index (χ4v) is 5.99. The molecule has 4 aromatic rings. The van der Waals surface area contributed by atoms with Crippen molar-refractivity contribution in [2.24, 2.45) is 5.92 Å². The first kappa shape index (κ1) is 25.8. The first-order chi connectivity index (χ1) is 18.4. The van der Waals surface area contributed by atoms with Gasteiger partial charge in [0.15, 0.2) is 0 Å². The highest BCUT2D eigenvalue weighted by molar-refractivity contribution is 6.42. The van der Waals surface area contributed by atoms with Crippen molar-refractivity contribution in [1.29, 1.82) is 0 Å². The summed E-state index contributed by atoms with van der Waals surface area (Å²) in [4.78, 5) is 19.1. The third kappa shape index (κ3) is 5.22. The Morgan fingerprint density at radius 2 is 1.95 bits per heavy atom. The lowest BCUT2D eigenvalue weighted by molar-refractivity contribution is 0.00167. The molecule has 202 valence electrons. The molecule has 3 aromatic heterocycles. The molecule has 4 N–H and O–H groups in total. The quantitative estimate of drug-likeness (QED) is 0.213. The number of unbranched alkanes of at least 4 members (excludes halogenated alkanes) is 1. The van der Waals surface area contributed by atoms with E-state index in [1.807, 2.05) is 22.9 Å². The number of aromatic nitrogens is 5. The van der Waals surface area contributed by atoms with Crippen LogP contribution < -0.4 is 5.32 Å². The number of imidazole rings is 1. The lowest BCUT2D eigenvalue weighted by atomic mass is 10.0. The molecule has 0 saturated heterocycles. The van der Waals surface area contributed by atoms with Crippen molar-refractivity contribution in [2.45, 2.75) is 62.8 Å². The summed E-state index contributed by atoms with van der Waals surface area (Å²) in [6.07, 6.45) is 7.76. The van der Waals surface area contributed by atoms with Crippen molar-refractivity contribution >= 4 is 51.1 Å². The maximum atomic E-state index is 11.0. The minimum atomic E-state index is -0.839. The highest BCUT2D eigenvalue weighted by Gasteiger charge is 2.43. The number of benzene rings is 1. The standard InChI is InChI=1S/C27H33Cl2N7O2/c1-35(8-3-2-4-23-33-20-11-18(28)19(29)12-21(20)34-23)13-15-10-22(25(38)24(15)37)36-9-7-17-26(32-16-5-6-16)30-14-31-27(17)36/h7,9,11-12,14-16,22,24-25,37-38H,2-6,8,10,13H2,1H3,(H,33,34)(H,30,31,32)/t15-,22-,24-,25-/m1/s1. The van der Waals surface area contributed by atoms with Crippen LogP contribution in [0.5, 0.6) is 0 Å². The van der Waals surface area contributed by atoms with Crippen LogP contribution in [0.15, 0.2) is 30.7 Å². The zero-order valence-corrected chi connectivity index (χ0v) is 22.8. The number of hydrogen-bond acceptors (Lipinski definition) is 7. The normalized spacial score (nSPS) is 23.7. The summed E-state index contributed by atoms with van der Waals surface area (Å²) in [5.74, 6) is 1.75. The molecule has 11 heteroatoms. The first-order valence-electron chi connectivity index (χ1n) is 13.3. The number of nitrogens with one attached hydrogen (secondary N) is 2. The Hall–Kier alpha value is -2.43. The number of fused-ring (bicyclic) bond motifs is 2. The smallest absolute Gasteiger partial charge is 0.145 e. The van der Waals surface area contributed by atoms with E-state index in [9.17, 15) is 10.2 Å². The maximum Gasteiger partial charge on any atom is 0.145 e. The molecule has 3 heterocycles. The molecular weight excluding hydrogens is 525 g/mol. The Labute approximate surface area is 231 Å². The molecule has 38 heavy (non-hydrogen) atoms. The lowest BCUT2D eigenvalue weighted by Gasteiger charge is -2.23. The molecule has 6 rings (SSSR count). The summed E-state index contributed by atoms with van der Waals surface area (Å²) in [5, 5.41) is 27.3. The van der Waals surface area contributed by atoms with Gasteiger partial charge in [-0.1, -0.05) is 23.2 Å². The first-order valence-corrected chi connectivity index (χ1v) is 14.1. The number of hydrogen-bond donors (Lipinski definition) is 4. The predicted octanol–water partition coefficient (Wildman–Crippen LogP) is 4.43. The van der Waals surface area contributed by atoms with Crippen molar-refractivity contribution in [1.82, 2.24) is 29.4 Å². The van der Waals surface area contributed by atoms with E-state index in [2.05, 4.69) is 37.2 Å². The summed E-state index contributed by atoms with van der Waals surface area (Å²) in [7, 11) is 2.08. The van der Waals surface area contributed by atoms with E-state index >= 15 is 0 Å². The van der Waals surface area contributed by atoms with Crippen LogP contribution in [0.1, 0.15) is 44.0 Å². The molecule has 1 aromatic carbocycles. The van der Waals surface area contributed by atoms with Gasteiger partial charge < -0.3 is 30.0 Å². The SMILES string of the molecule is CN(CCCCc1nc2cc(Cl)c(Cl)cc2[nH]1)C[C@H]1C[C@@H](n2ccc3c(NC4CC4)ncnc32)[C@@H](O)[C@@H]1O. The number of anilines is 1. The van der Waals surface area contributed by atoms with E-state index in [0.29, 0.717) is 22.5 Å². The van der Waals surface area contributed by atoms with Gasteiger partial charge in [0.1, 0.15) is 29.7 Å². The second-order valence-electron chi connectivity index (χ2n) is 10.8. The maximum absolute atomic E-state index is 11.0. The van der Waals surface area contributed by atoms with E-state index < -0.39 is 12.2 Å². The van der Waals surface area contributed by atoms with Crippen LogP contribution in [-0.4, -0.2) is 78.0 Å². The van der Waals surface area contributed by atoms with Crippen molar-refractivity contribution in [3.63, 3.8) is 0 Å². The number of halogens is 2. The van der Waals surface area contributed by atoms with Crippen LogP contribution in [0.3, 0.4) is 0 Å². The average Bonchev–Trinajstić information content (AvgIpc) is 3.36.